The SMILES string of the molecule is COC(=O)c1ccc(C(=O)N2CC(=O)N(Cc3cccnc3)CC(OCc3ccccc3)C2)cc1. The average Bonchev–Trinajstić information content (AvgIpc) is 3.06. The van der Waals surface area contributed by atoms with Crippen molar-refractivity contribution in [3.63, 3.8) is 0 Å². The van der Waals surface area contributed by atoms with Crippen LogP contribution >= 0.6 is 0 Å². The lowest BCUT2D eigenvalue weighted by Crippen LogP contribution is -2.39. The number of hydrogen-bond donors (Lipinski definition) is 0. The van der Waals surface area contributed by atoms with Crippen molar-refractivity contribution >= 4 is 17.8 Å². The lowest BCUT2D eigenvalue weighted by atomic mass is 10.1. The van der Waals surface area contributed by atoms with Crippen molar-refractivity contribution in [1.29, 1.82) is 0 Å². The summed E-state index contributed by atoms with van der Waals surface area (Å²) in [6.45, 7) is 1.30. The molecular formula is C27H27N3O5. The van der Waals surface area contributed by atoms with Gasteiger partial charge in [-0.15, -0.1) is 0 Å². The molecule has 180 valence electrons. The Labute approximate surface area is 204 Å². The minimum atomic E-state index is -0.477. The molecule has 8 nitrogen and oxygen atoms in total. The molecular weight excluding hydrogens is 446 g/mol. The van der Waals surface area contributed by atoms with Crippen molar-refractivity contribution in [2.75, 3.05) is 26.7 Å². The second kappa shape index (κ2) is 11.4. The first-order chi connectivity index (χ1) is 17.0. The summed E-state index contributed by atoms with van der Waals surface area (Å²) in [5, 5.41) is 0. The van der Waals surface area contributed by atoms with Crippen molar-refractivity contribution in [3.05, 3.63) is 101 Å². The molecule has 1 saturated heterocycles. The van der Waals surface area contributed by atoms with Crippen molar-refractivity contribution < 1.29 is 23.9 Å². The lowest BCUT2D eigenvalue weighted by Gasteiger charge is -2.25. The van der Waals surface area contributed by atoms with E-state index in [-0.39, 0.29) is 31.0 Å². The highest BCUT2D eigenvalue weighted by Gasteiger charge is 2.31. The van der Waals surface area contributed by atoms with E-state index in [9.17, 15) is 14.4 Å². The molecule has 3 aromatic rings. The zero-order valence-electron chi connectivity index (χ0n) is 19.5. The first kappa shape index (κ1) is 24.1. The van der Waals surface area contributed by atoms with E-state index in [0.717, 1.165) is 11.1 Å². The van der Waals surface area contributed by atoms with Gasteiger partial charge in [0.05, 0.1) is 25.4 Å². The number of ether oxygens (including phenoxy) is 2. The van der Waals surface area contributed by atoms with E-state index in [0.29, 0.717) is 30.8 Å². The summed E-state index contributed by atoms with van der Waals surface area (Å²) < 4.78 is 10.9. The maximum atomic E-state index is 13.3. The molecule has 0 radical (unpaired) electrons. The molecule has 1 aliphatic heterocycles. The van der Waals surface area contributed by atoms with Crippen LogP contribution < -0.4 is 0 Å². The minimum absolute atomic E-state index is 0.0664. The maximum absolute atomic E-state index is 13.3. The fourth-order valence-electron chi connectivity index (χ4n) is 3.94. The first-order valence-corrected chi connectivity index (χ1v) is 11.3. The Morgan fingerprint density at radius 3 is 2.34 bits per heavy atom. The number of aromatic nitrogens is 1. The topological polar surface area (TPSA) is 89.0 Å². The highest BCUT2D eigenvalue weighted by Crippen LogP contribution is 2.17. The lowest BCUT2D eigenvalue weighted by molar-refractivity contribution is -0.132. The standard InChI is InChI=1S/C27H27N3O5/c1-34-27(33)23-11-9-22(10-12-23)26(32)30-17-24(35-19-20-6-3-2-4-7-20)16-29(25(31)18-30)15-21-8-5-13-28-14-21/h2-14,24H,15-19H2,1H3. The zero-order chi connectivity index (χ0) is 24.6. The Morgan fingerprint density at radius 1 is 0.943 bits per heavy atom. The fourth-order valence-corrected chi connectivity index (χ4v) is 3.94. The number of rotatable bonds is 7. The molecule has 4 rings (SSSR count). The number of benzene rings is 2. The highest BCUT2D eigenvalue weighted by atomic mass is 16.5. The van der Waals surface area contributed by atoms with Crippen LogP contribution in [0.25, 0.3) is 0 Å². The largest absolute Gasteiger partial charge is 0.465 e. The molecule has 1 aliphatic rings. The number of carbonyl (C=O) groups is 3. The van der Waals surface area contributed by atoms with Crippen molar-refractivity contribution in [1.82, 2.24) is 14.8 Å². The summed E-state index contributed by atoms with van der Waals surface area (Å²) in [7, 11) is 1.30. The number of pyridine rings is 1. The summed E-state index contributed by atoms with van der Waals surface area (Å²) in [4.78, 5) is 45.5. The number of esters is 1. The van der Waals surface area contributed by atoms with Crippen molar-refractivity contribution in [2.45, 2.75) is 19.3 Å². The number of hydrogen-bond acceptors (Lipinski definition) is 6. The number of nitrogens with zero attached hydrogens (tertiary/aromatic N) is 3. The second-order valence-corrected chi connectivity index (χ2v) is 8.31. The smallest absolute Gasteiger partial charge is 0.337 e. The number of amides is 2. The Hall–Kier alpha value is -4.04. The van der Waals surface area contributed by atoms with E-state index in [1.165, 1.54) is 24.1 Å². The third-order valence-electron chi connectivity index (χ3n) is 5.79. The van der Waals surface area contributed by atoms with Crippen LogP contribution in [0.4, 0.5) is 0 Å². The first-order valence-electron chi connectivity index (χ1n) is 11.3. The van der Waals surface area contributed by atoms with Gasteiger partial charge in [-0.25, -0.2) is 4.79 Å². The molecule has 2 aromatic carbocycles. The Balaban J connectivity index is 1.53. The number of carbonyl (C=O) groups excluding carboxylic acids is 3. The van der Waals surface area contributed by atoms with Gasteiger partial charge in [0.2, 0.25) is 5.91 Å². The Kier molecular flexibility index (Phi) is 7.84. The van der Waals surface area contributed by atoms with Gasteiger partial charge in [-0.05, 0) is 41.5 Å². The van der Waals surface area contributed by atoms with Gasteiger partial charge in [-0.1, -0.05) is 36.4 Å². The Morgan fingerprint density at radius 2 is 1.66 bits per heavy atom. The molecule has 0 saturated carbocycles. The molecule has 0 aliphatic carbocycles. The predicted octanol–water partition coefficient (Wildman–Crippen LogP) is 2.94. The van der Waals surface area contributed by atoms with Gasteiger partial charge >= 0.3 is 5.97 Å². The molecule has 35 heavy (non-hydrogen) atoms. The van der Waals surface area contributed by atoms with Crippen molar-refractivity contribution in [2.24, 2.45) is 0 Å². The van der Waals surface area contributed by atoms with E-state index in [1.54, 1.807) is 29.4 Å². The summed E-state index contributed by atoms with van der Waals surface area (Å²) in [6.07, 6.45) is 3.03. The summed E-state index contributed by atoms with van der Waals surface area (Å²) in [5.41, 5.74) is 2.65. The summed E-state index contributed by atoms with van der Waals surface area (Å²) in [5.74, 6) is -0.945. The zero-order valence-corrected chi connectivity index (χ0v) is 19.5. The summed E-state index contributed by atoms with van der Waals surface area (Å²) >= 11 is 0. The molecule has 1 unspecified atom stereocenters. The van der Waals surface area contributed by atoms with Gasteiger partial charge < -0.3 is 19.3 Å². The van der Waals surface area contributed by atoms with Gasteiger partial charge in [0.1, 0.15) is 6.54 Å². The van der Waals surface area contributed by atoms with E-state index >= 15 is 0 Å². The molecule has 0 bridgehead atoms. The van der Waals surface area contributed by atoms with Crippen LogP contribution in [-0.2, 0) is 27.4 Å². The van der Waals surface area contributed by atoms with Gasteiger partial charge in [-0.2, -0.15) is 0 Å². The maximum Gasteiger partial charge on any atom is 0.337 e. The van der Waals surface area contributed by atoms with Gasteiger partial charge in [0.15, 0.2) is 0 Å². The minimum Gasteiger partial charge on any atom is -0.465 e. The van der Waals surface area contributed by atoms with E-state index in [2.05, 4.69) is 4.98 Å². The van der Waals surface area contributed by atoms with E-state index in [4.69, 9.17) is 9.47 Å². The quantitative estimate of drug-likeness (QED) is 0.490. The molecule has 0 spiro atoms. The predicted molar refractivity (Wildman–Crippen MR) is 128 cm³/mol. The van der Waals surface area contributed by atoms with Crippen LogP contribution in [0.2, 0.25) is 0 Å². The normalized spacial score (nSPS) is 16.0. The fraction of sp³-hybridized carbons (Fsp3) is 0.259. The highest BCUT2D eigenvalue weighted by molar-refractivity contribution is 5.98. The van der Waals surface area contributed by atoms with Gasteiger partial charge in [0, 0.05) is 37.6 Å². The van der Waals surface area contributed by atoms with Crippen LogP contribution in [0.15, 0.2) is 79.1 Å². The van der Waals surface area contributed by atoms with Crippen LogP contribution in [0, 0.1) is 0 Å². The number of methoxy groups -OCH3 is 1. The molecule has 2 amide bonds. The van der Waals surface area contributed by atoms with Crippen molar-refractivity contribution in [3.8, 4) is 0 Å². The van der Waals surface area contributed by atoms with Gasteiger partial charge in [-0.3, -0.25) is 14.6 Å². The van der Waals surface area contributed by atoms with Crippen LogP contribution in [0.1, 0.15) is 31.8 Å². The molecule has 2 heterocycles. The third-order valence-corrected chi connectivity index (χ3v) is 5.79. The van der Waals surface area contributed by atoms with Gasteiger partial charge in [0.25, 0.3) is 5.91 Å². The molecule has 1 fully saturated rings. The molecule has 1 atom stereocenters. The van der Waals surface area contributed by atoms with Crippen LogP contribution in [0.3, 0.4) is 0 Å². The monoisotopic (exact) mass is 473 g/mol. The third kappa shape index (κ3) is 6.30. The van der Waals surface area contributed by atoms with E-state index < -0.39 is 5.97 Å². The van der Waals surface area contributed by atoms with Crippen LogP contribution in [-0.4, -0.2) is 65.4 Å². The van der Waals surface area contributed by atoms with Crippen LogP contribution in [0.5, 0.6) is 0 Å². The average molecular weight is 474 g/mol. The second-order valence-electron chi connectivity index (χ2n) is 8.31. The molecule has 8 heteroatoms. The summed E-state index contributed by atoms with van der Waals surface area (Å²) in [6, 6.07) is 19.7. The van der Waals surface area contributed by atoms with E-state index in [1.807, 2.05) is 42.5 Å². The molecule has 1 aromatic heterocycles. The Bertz CT molecular complexity index is 1150. The molecule has 0 N–H and O–H groups in total.